The molecule has 1 atom stereocenters. The number of aromatic amines is 1. The molecule has 6 nitrogen and oxygen atoms in total. The lowest BCUT2D eigenvalue weighted by atomic mass is 9.98. The number of oxime groups is 1. The van der Waals surface area contributed by atoms with Crippen LogP contribution in [0.1, 0.15) is 27.7 Å². The molecule has 1 aromatic heterocycles. The zero-order valence-corrected chi connectivity index (χ0v) is 17.4. The molecule has 0 amide bonds. The van der Waals surface area contributed by atoms with Crippen molar-refractivity contribution in [2.24, 2.45) is 5.16 Å². The zero-order valence-electron chi connectivity index (χ0n) is 17.4. The summed E-state index contributed by atoms with van der Waals surface area (Å²) in [4.78, 5) is 19.3. The molecule has 2 N–H and O–H groups in total. The van der Waals surface area contributed by atoms with Crippen LogP contribution in [0.5, 0.6) is 11.5 Å². The van der Waals surface area contributed by atoms with Crippen LogP contribution in [0.4, 0.5) is 8.78 Å². The number of hydrogen-bond acceptors (Lipinski definition) is 4. The molecule has 1 heterocycles. The maximum absolute atomic E-state index is 15.7. The summed E-state index contributed by atoms with van der Waals surface area (Å²) in [6.45, 7) is -1.10. The number of H-pyrrole nitrogens is 1. The standard InChI is InChI=1S/C25H20F2N2O4/c26-11-12-32-29-24(17-5-4-8-19(13-17)33-18-6-2-1-3-7-18)23(27)16-9-10-22-20(14-16)21(15-28-22)25(30)31/h1-10,13-15,23,28H,11-12H2,(H,30,31). The molecule has 0 saturated heterocycles. The van der Waals surface area contributed by atoms with Gasteiger partial charge in [-0.2, -0.15) is 0 Å². The molecule has 33 heavy (non-hydrogen) atoms. The highest BCUT2D eigenvalue weighted by Crippen LogP contribution is 2.30. The fraction of sp³-hybridized carbons (Fsp3) is 0.120. The molecule has 4 rings (SSSR count). The van der Waals surface area contributed by atoms with Crippen molar-refractivity contribution in [3.8, 4) is 11.5 Å². The number of carboxylic acid groups (broad SMARTS) is 1. The van der Waals surface area contributed by atoms with E-state index in [-0.39, 0.29) is 23.4 Å². The number of nitrogens with zero attached hydrogens (tertiary/aromatic N) is 1. The smallest absolute Gasteiger partial charge is 0.337 e. The number of ether oxygens (including phenoxy) is 1. The van der Waals surface area contributed by atoms with Crippen LogP contribution in [0.2, 0.25) is 0 Å². The van der Waals surface area contributed by atoms with Gasteiger partial charge in [-0.3, -0.25) is 0 Å². The molecule has 4 aromatic rings. The van der Waals surface area contributed by atoms with Crippen LogP contribution >= 0.6 is 0 Å². The number of benzene rings is 3. The third-order valence-electron chi connectivity index (χ3n) is 4.91. The zero-order chi connectivity index (χ0) is 23.2. The Morgan fingerprint density at radius 3 is 2.58 bits per heavy atom. The Hall–Kier alpha value is -4.20. The molecular formula is C25H20F2N2O4. The topological polar surface area (TPSA) is 83.9 Å². The number of carbonyl (C=O) groups is 1. The molecule has 0 aliphatic heterocycles. The van der Waals surface area contributed by atoms with Crippen LogP contribution in [0.3, 0.4) is 0 Å². The molecule has 3 aromatic carbocycles. The Labute approximate surface area is 188 Å². The van der Waals surface area contributed by atoms with Gasteiger partial charge in [-0.25, -0.2) is 13.6 Å². The van der Waals surface area contributed by atoms with E-state index in [1.807, 2.05) is 18.2 Å². The van der Waals surface area contributed by atoms with Crippen molar-refractivity contribution in [1.29, 1.82) is 0 Å². The van der Waals surface area contributed by atoms with Gasteiger partial charge in [0, 0.05) is 22.7 Å². The second-order valence-electron chi connectivity index (χ2n) is 7.12. The van der Waals surface area contributed by atoms with Gasteiger partial charge in [0.05, 0.1) is 5.56 Å². The third-order valence-corrected chi connectivity index (χ3v) is 4.91. The molecule has 0 aliphatic rings. The van der Waals surface area contributed by atoms with E-state index in [2.05, 4.69) is 10.1 Å². The fourth-order valence-electron chi connectivity index (χ4n) is 3.37. The minimum atomic E-state index is -1.77. The number of para-hydroxylation sites is 1. The van der Waals surface area contributed by atoms with E-state index in [0.717, 1.165) is 0 Å². The monoisotopic (exact) mass is 450 g/mol. The molecule has 1 unspecified atom stereocenters. The first-order valence-electron chi connectivity index (χ1n) is 10.1. The van der Waals surface area contributed by atoms with E-state index in [1.165, 1.54) is 18.3 Å². The van der Waals surface area contributed by atoms with Crippen molar-refractivity contribution >= 4 is 22.6 Å². The second-order valence-corrected chi connectivity index (χ2v) is 7.12. The third kappa shape index (κ3) is 5.01. The maximum Gasteiger partial charge on any atom is 0.337 e. The molecule has 8 heteroatoms. The van der Waals surface area contributed by atoms with E-state index in [4.69, 9.17) is 9.57 Å². The molecule has 0 fully saturated rings. The van der Waals surface area contributed by atoms with Crippen molar-refractivity contribution in [1.82, 2.24) is 4.98 Å². The van der Waals surface area contributed by atoms with Gasteiger partial charge in [0.25, 0.3) is 0 Å². The van der Waals surface area contributed by atoms with Gasteiger partial charge >= 0.3 is 5.97 Å². The maximum atomic E-state index is 15.7. The normalized spacial score (nSPS) is 12.5. The summed E-state index contributed by atoms with van der Waals surface area (Å²) in [5.74, 6) is -0.0594. The second kappa shape index (κ2) is 9.95. The van der Waals surface area contributed by atoms with Crippen molar-refractivity contribution in [2.45, 2.75) is 6.17 Å². The summed E-state index contributed by atoms with van der Waals surface area (Å²) < 4.78 is 34.1. The lowest BCUT2D eigenvalue weighted by molar-refractivity contribution is 0.0699. The Morgan fingerprint density at radius 1 is 1.03 bits per heavy atom. The summed E-state index contributed by atoms with van der Waals surface area (Å²) >= 11 is 0. The van der Waals surface area contributed by atoms with Gasteiger partial charge in [0.1, 0.15) is 30.5 Å². The van der Waals surface area contributed by atoms with Crippen molar-refractivity contribution in [3.63, 3.8) is 0 Å². The van der Waals surface area contributed by atoms with Gasteiger partial charge in [-0.15, -0.1) is 0 Å². The van der Waals surface area contributed by atoms with Gasteiger partial charge < -0.3 is 19.7 Å². The van der Waals surface area contributed by atoms with E-state index >= 15 is 4.39 Å². The number of carboxylic acids is 1. The molecule has 0 radical (unpaired) electrons. The quantitative estimate of drug-likeness (QED) is 0.184. The first kappa shape index (κ1) is 22.0. The van der Waals surface area contributed by atoms with Gasteiger partial charge in [0.15, 0.2) is 6.17 Å². The highest BCUT2D eigenvalue weighted by molar-refractivity contribution is 6.06. The molecule has 0 spiro atoms. The predicted octanol–water partition coefficient (Wildman–Crippen LogP) is 6.06. The number of aromatic nitrogens is 1. The van der Waals surface area contributed by atoms with Crippen LogP contribution in [-0.2, 0) is 4.84 Å². The lowest BCUT2D eigenvalue weighted by Gasteiger charge is -2.14. The number of alkyl halides is 2. The van der Waals surface area contributed by atoms with Gasteiger partial charge in [-0.1, -0.05) is 41.6 Å². The number of nitrogens with one attached hydrogen (secondary N) is 1. The van der Waals surface area contributed by atoms with E-state index in [0.29, 0.717) is 28.0 Å². The Kier molecular flexibility index (Phi) is 6.64. The van der Waals surface area contributed by atoms with Crippen molar-refractivity contribution < 1.29 is 28.3 Å². The summed E-state index contributed by atoms with van der Waals surface area (Å²) in [5, 5.41) is 13.6. The van der Waals surface area contributed by atoms with Crippen molar-refractivity contribution in [2.75, 3.05) is 13.3 Å². The first-order valence-corrected chi connectivity index (χ1v) is 10.1. The minimum absolute atomic E-state index is 0.0319. The highest BCUT2D eigenvalue weighted by atomic mass is 19.1. The van der Waals surface area contributed by atoms with Crippen LogP contribution in [0.15, 0.2) is 84.1 Å². The Bertz CT molecular complexity index is 1290. The van der Waals surface area contributed by atoms with E-state index in [1.54, 1.807) is 42.5 Å². The number of hydrogen-bond donors (Lipinski definition) is 2. The van der Waals surface area contributed by atoms with E-state index in [9.17, 15) is 14.3 Å². The highest BCUT2D eigenvalue weighted by Gasteiger charge is 2.23. The number of rotatable bonds is 9. The average Bonchev–Trinajstić information content (AvgIpc) is 3.26. The van der Waals surface area contributed by atoms with Gasteiger partial charge in [-0.05, 0) is 42.0 Å². The summed E-state index contributed by atoms with van der Waals surface area (Å²) in [5.41, 5.74) is 1.07. The van der Waals surface area contributed by atoms with Crippen LogP contribution < -0.4 is 4.74 Å². The fourth-order valence-corrected chi connectivity index (χ4v) is 3.37. The van der Waals surface area contributed by atoms with Crippen LogP contribution in [0.25, 0.3) is 10.9 Å². The minimum Gasteiger partial charge on any atom is -0.478 e. The van der Waals surface area contributed by atoms with E-state index < -0.39 is 18.8 Å². The summed E-state index contributed by atoms with van der Waals surface area (Å²) in [7, 11) is 0. The predicted molar refractivity (Wildman–Crippen MR) is 121 cm³/mol. The Morgan fingerprint density at radius 2 is 1.82 bits per heavy atom. The largest absolute Gasteiger partial charge is 0.478 e. The SMILES string of the molecule is O=C(O)c1c[nH]c2ccc(C(F)C(=NOCCF)c3cccc(Oc4ccccc4)c3)cc12. The first-order chi connectivity index (χ1) is 16.1. The number of fused-ring (bicyclic) bond motifs is 1. The summed E-state index contributed by atoms with van der Waals surface area (Å²) in [6, 6.07) is 20.3. The van der Waals surface area contributed by atoms with Crippen molar-refractivity contribution in [3.05, 3.63) is 95.7 Å². The Balaban J connectivity index is 1.70. The van der Waals surface area contributed by atoms with Crippen LogP contribution in [-0.4, -0.2) is 35.1 Å². The van der Waals surface area contributed by atoms with Gasteiger partial charge in [0.2, 0.25) is 0 Å². The summed E-state index contributed by atoms with van der Waals surface area (Å²) in [6.07, 6.45) is -0.411. The number of aromatic carboxylic acids is 1. The molecule has 168 valence electrons. The van der Waals surface area contributed by atoms with Crippen LogP contribution in [0, 0.1) is 0 Å². The average molecular weight is 450 g/mol. The molecule has 0 bridgehead atoms. The molecule has 0 saturated carbocycles. The lowest BCUT2D eigenvalue weighted by Crippen LogP contribution is -2.12. The molecule has 0 aliphatic carbocycles. The molecular weight excluding hydrogens is 430 g/mol. The number of halogens is 2.